The molecule has 0 bridgehead atoms. The molecule has 0 aliphatic rings. The molecule has 0 aliphatic carbocycles. The van der Waals surface area contributed by atoms with E-state index in [0.29, 0.717) is 30.0 Å². The molecule has 2 rings (SSSR count). The molecule has 0 aromatic heterocycles. The van der Waals surface area contributed by atoms with Gasteiger partial charge in [0.05, 0.1) is 12.7 Å². The van der Waals surface area contributed by atoms with Crippen molar-refractivity contribution in [1.82, 2.24) is 5.32 Å². The second kappa shape index (κ2) is 9.22. The zero-order valence-corrected chi connectivity index (χ0v) is 14.7. The lowest BCUT2D eigenvalue weighted by molar-refractivity contribution is -0.116. The number of hydrogen-bond donors (Lipinski definition) is 1. The molecular weight excluding hydrogens is 330 g/mol. The van der Waals surface area contributed by atoms with Crippen LogP contribution in [0.25, 0.3) is 0 Å². The quantitative estimate of drug-likeness (QED) is 0.342. The largest absolute Gasteiger partial charge is 0.497 e. The minimum Gasteiger partial charge on any atom is -0.497 e. The van der Waals surface area contributed by atoms with Gasteiger partial charge in [-0.1, -0.05) is 24.8 Å². The number of rotatable bonds is 8. The first-order valence-corrected chi connectivity index (χ1v) is 8.06. The third-order valence-corrected chi connectivity index (χ3v) is 3.68. The SMILES string of the molecule is C=CCc1cc(OC)ccc1OC(=O)c1ccc(CNC(=O)C=C)cc1. The van der Waals surface area contributed by atoms with E-state index in [2.05, 4.69) is 18.5 Å². The first-order valence-electron chi connectivity index (χ1n) is 8.06. The van der Waals surface area contributed by atoms with Crippen molar-refractivity contribution in [2.24, 2.45) is 0 Å². The normalized spacial score (nSPS) is 9.88. The van der Waals surface area contributed by atoms with Crippen LogP contribution in [0, 0.1) is 0 Å². The van der Waals surface area contributed by atoms with Crippen LogP contribution >= 0.6 is 0 Å². The van der Waals surface area contributed by atoms with Gasteiger partial charge in [-0.15, -0.1) is 6.58 Å². The zero-order valence-electron chi connectivity index (χ0n) is 14.7. The van der Waals surface area contributed by atoms with Gasteiger partial charge < -0.3 is 14.8 Å². The maximum atomic E-state index is 12.4. The summed E-state index contributed by atoms with van der Waals surface area (Å²) in [6.45, 7) is 7.48. The summed E-state index contributed by atoms with van der Waals surface area (Å²) in [4.78, 5) is 23.6. The van der Waals surface area contributed by atoms with E-state index in [4.69, 9.17) is 9.47 Å². The Bertz CT molecular complexity index is 809. The summed E-state index contributed by atoms with van der Waals surface area (Å²) in [5, 5.41) is 2.68. The van der Waals surface area contributed by atoms with E-state index >= 15 is 0 Å². The molecule has 134 valence electrons. The fraction of sp³-hybridized carbons (Fsp3) is 0.143. The average Bonchev–Trinajstić information content (AvgIpc) is 2.67. The highest BCUT2D eigenvalue weighted by molar-refractivity contribution is 5.91. The Morgan fingerprint density at radius 3 is 2.46 bits per heavy atom. The third-order valence-electron chi connectivity index (χ3n) is 3.68. The van der Waals surface area contributed by atoms with Gasteiger partial charge in [0, 0.05) is 12.1 Å². The number of esters is 1. The summed E-state index contributed by atoms with van der Waals surface area (Å²) in [5.74, 6) is 0.454. The summed E-state index contributed by atoms with van der Waals surface area (Å²) >= 11 is 0. The highest BCUT2D eigenvalue weighted by Crippen LogP contribution is 2.25. The summed E-state index contributed by atoms with van der Waals surface area (Å²) in [6.07, 6.45) is 3.50. The molecular formula is C21H21NO4. The summed E-state index contributed by atoms with van der Waals surface area (Å²) < 4.78 is 10.7. The maximum absolute atomic E-state index is 12.4. The molecule has 0 aliphatic heterocycles. The number of hydrogen-bond acceptors (Lipinski definition) is 4. The monoisotopic (exact) mass is 351 g/mol. The minimum atomic E-state index is -0.456. The Hall–Kier alpha value is -3.34. The molecule has 5 heteroatoms. The van der Waals surface area contributed by atoms with Crippen molar-refractivity contribution < 1.29 is 19.1 Å². The molecule has 1 amide bonds. The average molecular weight is 351 g/mol. The van der Waals surface area contributed by atoms with Crippen molar-refractivity contribution >= 4 is 11.9 Å². The number of methoxy groups -OCH3 is 1. The Balaban J connectivity index is 2.08. The Morgan fingerprint density at radius 1 is 1.12 bits per heavy atom. The van der Waals surface area contributed by atoms with Crippen molar-refractivity contribution in [3.63, 3.8) is 0 Å². The second-order valence-corrected chi connectivity index (χ2v) is 5.47. The fourth-order valence-corrected chi connectivity index (χ4v) is 2.28. The fourth-order valence-electron chi connectivity index (χ4n) is 2.28. The topological polar surface area (TPSA) is 64.6 Å². The van der Waals surface area contributed by atoms with Gasteiger partial charge in [-0.2, -0.15) is 0 Å². The highest BCUT2D eigenvalue weighted by atomic mass is 16.5. The van der Waals surface area contributed by atoms with Crippen LogP contribution in [0.15, 0.2) is 67.8 Å². The first kappa shape index (κ1) is 19.0. The van der Waals surface area contributed by atoms with Gasteiger partial charge in [-0.3, -0.25) is 4.79 Å². The first-order chi connectivity index (χ1) is 12.6. The molecule has 0 fully saturated rings. The van der Waals surface area contributed by atoms with Gasteiger partial charge in [0.1, 0.15) is 11.5 Å². The van der Waals surface area contributed by atoms with Crippen LogP contribution in [0.4, 0.5) is 0 Å². The number of amides is 1. The molecule has 0 radical (unpaired) electrons. The van der Waals surface area contributed by atoms with Gasteiger partial charge in [-0.25, -0.2) is 4.79 Å². The molecule has 0 atom stereocenters. The summed E-state index contributed by atoms with van der Waals surface area (Å²) in [5.41, 5.74) is 2.11. The lowest BCUT2D eigenvalue weighted by atomic mass is 10.1. The lowest BCUT2D eigenvalue weighted by Gasteiger charge is -2.11. The summed E-state index contributed by atoms with van der Waals surface area (Å²) in [7, 11) is 1.58. The second-order valence-electron chi connectivity index (χ2n) is 5.47. The molecule has 0 saturated carbocycles. The van der Waals surface area contributed by atoms with Gasteiger partial charge in [0.15, 0.2) is 0 Å². The predicted octanol–water partition coefficient (Wildman–Crippen LogP) is 3.45. The van der Waals surface area contributed by atoms with Gasteiger partial charge in [0.25, 0.3) is 0 Å². The van der Waals surface area contributed by atoms with E-state index in [-0.39, 0.29) is 5.91 Å². The van der Waals surface area contributed by atoms with E-state index in [1.165, 1.54) is 6.08 Å². The van der Waals surface area contributed by atoms with E-state index < -0.39 is 5.97 Å². The van der Waals surface area contributed by atoms with Crippen LogP contribution in [0.5, 0.6) is 11.5 Å². The standard InChI is InChI=1S/C21H21NO4/c1-4-6-17-13-18(25-3)11-12-19(17)26-21(24)16-9-7-15(8-10-16)14-22-20(23)5-2/h4-5,7-13H,1-2,6,14H2,3H3,(H,22,23). The number of benzene rings is 2. The van der Waals surface area contributed by atoms with Crippen molar-refractivity contribution in [1.29, 1.82) is 0 Å². The number of nitrogens with one attached hydrogen (secondary N) is 1. The Labute approximate surface area is 152 Å². The molecule has 5 nitrogen and oxygen atoms in total. The highest BCUT2D eigenvalue weighted by Gasteiger charge is 2.12. The minimum absolute atomic E-state index is 0.247. The molecule has 0 spiro atoms. The van der Waals surface area contributed by atoms with Crippen molar-refractivity contribution in [2.75, 3.05) is 7.11 Å². The zero-order chi connectivity index (χ0) is 18.9. The van der Waals surface area contributed by atoms with Crippen LogP contribution in [-0.4, -0.2) is 19.0 Å². The van der Waals surface area contributed by atoms with Gasteiger partial charge >= 0.3 is 5.97 Å². The number of carbonyl (C=O) groups excluding carboxylic acids is 2. The van der Waals surface area contributed by atoms with Crippen LogP contribution in [0.1, 0.15) is 21.5 Å². The number of carbonyl (C=O) groups is 2. The molecule has 1 N–H and O–H groups in total. The number of ether oxygens (including phenoxy) is 2. The molecule has 0 saturated heterocycles. The molecule has 26 heavy (non-hydrogen) atoms. The van der Waals surface area contributed by atoms with E-state index in [1.54, 1.807) is 49.6 Å². The maximum Gasteiger partial charge on any atom is 0.343 e. The van der Waals surface area contributed by atoms with Crippen LogP contribution in [-0.2, 0) is 17.8 Å². The Kier molecular flexibility index (Phi) is 6.74. The van der Waals surface area contributed by atoms with E-state index in [1.807, 2.05) is 6.07 Å². The smallest absolute Gasteiger partial charge is 0.343 e. The summed E-state index contributed by atoms with van der Waals surface area (Å²) in [6, 6.07) is 12.1. The predicted molar refractivity (Wildman–Crippen MR) is 100 cm³/mol. The van der Waals surface area contributed by atoms with Gasteiger partial charge in [0.2, 0.25) is 5.91 Å². The van der Waals surface area contributed by atoms with Crippen LogP contribution < -0.4 is 14.8 Å². The van der Waals surface area contributed by atoms with E-state index in [0.717, 1.165) is 11.1 Å². The van der Waals surface area contributed by atoms with Crippen LogP contribution in [0.2, 0.25) is 0 Å². The van der Waals surface area contributed by atoms with Gasteiger partial charge in [-0.05, 0) is 48.4 Å². The molecule has 2 aromatic rings. The third kappa shape index (κ3) is 5.08. The lowest BCUT2D eigenvalue weighted by Crippen LogP contribution is -2.20. The molecule has 0 unspecified atom stereocenters. The van der Waals surface area contributed by atoms with Crippen LogP contribution in [0.3, 0.4) is 0 Å². The van der Waals surface area contributed by atoms with Crippen molar-refractivity contribution in [3.05, 3.63) is 84.5 Å². The Morgan fingerprint density at radius 2 is 1.85 bits per heavy atom. The van der Waals surface area contributed by atoms with Crippen molar-refractivity contribution in [3.8, 4) is 11.5 Å². The number of allylic oxidation sites excluding steroid dienone is 1. The molecule has 2 aromatic carbocycles. The van der Waals surface area contributed by atoms with E-state index in [9.17, 15) is 9.59 Å². The van der Waals surface area contributed by atoms with Crippen molar-refractivity contribution in [2.45, 2.75) is 13.0 Å². The molecule has 0 heterocycles.